The molecule has 0 spiro atoms. The minimum Gasteiger partial charge on any atom is -0.477 e. The van der Waals surface area contributed by atoms with Gasteiger partial charge in [0.2, 0.25) is 0 Å². The molecule has 0 radical (unpaired) electrons. The molecular formula is C19H25N3O2S2. The van der Waals surface area contributed by atoms with Crippen molar-refractivity contribution in [1.82, 2.24) is 5.43 Å². The topological polar surface area (TPSA) is 101 Å². The van der Waals surface area contributed by atoms with Crippen LogP contribution in [0.2, 0.25) is 0 Å². The minimum absolute atomic E-state index is 0.249. The summed E-state index contributed by atoms with van der Waals surface area (Å²) in [6.07, 6.45) is 2.05. The van der Waals surface area contributed by atoms with Crippen LogP contribution in [0.1, 0.15) is 19.4 Å². The lowest BCUT2D eigenvalue weighted by Crippen LogP contribution is -2.26. The van der Waals surface area contributed by atoms with Crippen molar-refractivity contribution in [2.24, 2.45) is 11.6 Å². The highest BCUT2D eigenvalue weighted by Gasteiger charge is 2.10. The van der Waals surface area contributed by atoms with E-state index in [2.05, 4.69) is 35.9 Å². The van der Waals surface area contributed by atoms with Gasteiger partial charge in [-0.05, 0) is 35.1 Å². The number of benzene rings is 2. The first-order chi connectivity index (χ1) is 12.5. The highest BCUT2D eigenvalue weighted by Crippen LogP contribution is 2.25. The van der Waals surface area contributed by atoms with Gasteiger partial charge in [0.1, 0.15) is 10.7 Å². The summed E-state index contributed by atoms with van der Waals surface area (Å²) in [5, 5.41) is 9.14. The zero-order valence-corrected chi connectivity index (χ0v) is 16.8. The van der Waals surface area contributed by atoms with Gasteiger partial charge in [-0.2, -0.15) is 0 Å². The average Bonchev–Trinajstić information content (AvgIpc) is 2.70. The number of aliphatic carboxylic acids is 1. The second kappa shape index (κ2) is 11.5. The number of thioether (sulfide) groups is 2. The van der Waals surface area contributed by atoms with Gasteiger partial charge in [-0.1, -0.05) is 50.2 Å². The molecule has 0 fully saturated rings. The number of carbonyl (C=O) groups is 1. The Labute approximate surface area is 163 Å². The summed E-state index contributed by atoms with van der Waals surface area (Å²) < 4.78 is 0. The largest absolute Gasteiger partial charge is 0.477 e. The lowest BCUT2D eigenvalue weighted by molar-refractivity contribution is -0.132. The maximum absolute atomic E-state index is 10.9. The molecule has 0 amide bonds. The number of hydrogen-bond acceptors (Lipinski definition) is 6. The number of hydrogen-bond donors (Lipinski definition) is 4. The molecule has 0 heterocycles. The molecule has 2 rings (SSSR count). The number of nitrogens with two attached hydrogens (primary N) is 2. The van der Waals surface area contributed by atoms with Gasteiger partial charge < -0.3 is 16.3 Å². The molecule has 7 heteroatoms. The first-order valence-corrected chi connectivity index (χ1v) is 10.3. The van der Waals surface area contributed by atoms with Crippen LogP contribution in [0.15, 0.2) is 64.2 Å². The van der Waals surface area contributed by atoms with Crippen LogP contribution < -0.4 is 17.0 Å². The molecule has 0 unspecified atom stereocenters. The first kappa shape index (κ1) is 22.0. The van der Waals surface area contributed by atoms with Crippen LogP contribution in [0.3, 0.4) is 0 Å². The Balaban J connectivity index is 0.00000163. The molecule has 0 saturated heterocycles. The lowest BCUT2D eigenvalue weighted by Gasteiger charge is -2.09. The van der Waals surface area contributed by atoms with Crippen LogP contribution in [0.5, 0.6) is 0 Å². The number of nitrogens with one attached hydrogen (secondary N) is 1. The Kier molecular flexibility index (Phi) is 9.72. The highest BCUT2D eigenvalue weighted by molar-refractivity contribution is 8.02. The van der Waals surface area contributed by atoms with Crippen molar-refractivity contribution in [3.63, 3.8) is 0 Å². The molecule has 0 bridgehead atoms. The fraction of sp³-hybridized carbons (Fsp3) is 0.211. The van der Waals surface area contributed by atoms with Crippen molar-refractivity contribution in [3.05, 3.63) is 64.8 Å². The van der Waals surface area contributed by atoms with Gasteiger partial charge >= 0.3 is 5.97 Å². The number of carboxylic acids is 1. The van der Waals surface area contributed by atoms with E-state index in [1.165, 1.54) is 16.7 Å². The van der Waals surface area contributed by atoms with Gasteiger partial charge in [-0.25, -0.2) is 10.6 Å². The normalized spacial score (nSPS) is 11.1. The van der Waals surface area contributed by atoms with E-state index in [-0.39, 0.29) is 10.7 Å². The third kappa shape index (κ3) is 6.33. The van der Waals surface area contributed by atoms with Crippen LogP contribution in [0, 0.1) is 0 Å². The van der Waals surface area contributed by atoms with E-state index in [1.54, 1.807) is 11.8 Å². The summed E-state index contributed by atoms with van der Waals surface area (Å²) >= 11 is 2.97. The average molecular weight is 392 g/mol. The standard InChI is InChI=1S/C17H19N3O2S2.C2H6/c1-23-14-8-6-13(7-9-14)12-4-2-11(3-5-12)10-24-16(20-19)15(18)17(21)22;1-2/h2-9,20H,10,18-19H2,1H3,(H,21,22);1-2H3/b16-15+;. The van der Waals surface area contributed by atoms with E-state index >= 15 is 0 Å². The zero-order chi connectivity index (χ0) is 19.5. The fourth-order valence-corrected chi connectivity index (χ4v) is 3.26. The molecule has 2 aromatic rings. The molecule has 0 aliphatic heterocycles. The van der Waals surface area contributed by atoms with Crippen LogP contribution in [0.4, 0.5) is 0 Å². The molecule has 26 heavy (non-hydrogen) atoms. The molecule has 6 N–H and O–H groups in total. The third-order valence-electron chi connectivity index (χ3n) is 3.37. The molecule has 2 aromatic carbocycles. The van der Waals surface area contributed by atoms with Gasteiger partial charge in [0.05, 0.1) is 0 Å². The smallest absolute Gasteiger partial charge is 0.354 e. The Morgan fingerprint density at radius 1 is 1.04 bits per heavy atom. The predicted octanol–water partition coefficient (Wildman–Crippen LogP) is 4.01. The highest BCUT2D eigenvalue weighted by atomic mass is 32.2. The van der Waals surface area contributed by atoms with Crippen LogP contribution in [0.25, 0.3) is 11.1 Å². The van der Waals surface area contributed by atoms with Crippen molar-refractivity contribution in [3.8, 4) is 11.1 Å². The predicted molar refractivity (Wildman–Crippen MR) is 112 cm³/mol. The minimum atomic E-state index is -1.19. The second-order valence-electron chi connectivity index (χ2n) is 4.91. The van der Waals surface area contributed by atoms with E-state index in [0.717, 1.165) is 16.7 Å². The van der Waals surface area contributed by atoms with Crippen LogP contribution >= 0.6 is 23.5 Å². The monoisotopic (exact) mass is 391 g/mol. The quantitative estimate of drug-likeness (QED) is 0.245. The van der Waals surface area contributed by atoms with Gasteiger partial charge in [-0.3, -0.25) is 0 Å². The Bertz CT molecular complexity index is 729. The molecule has 0 aliphatic rings. The Morgan fingerprint density at radius 3 is 1.96 bits per heavy atom. The van der Waals surface area contributed by atoms with E-state index in [9.17, 15) is 4.79 Å². The summed E-state index contributed by atoms with van der Waals surface area (Å²) in [7, 11) is 0. The van der Waals surface area contributed by atoms with Crippen molar-refractivity contribution < 1.29 is 9.90 Å². The SMILES string of the molecule is CC.CSc1ccc(-c2ccc(CS/C(NN)=C(/N)C(=O)O)cc2)cc1. The third-order valence-corrected chi connectivity index (χ3v) is 5.21. The molecule has 0 aromatic heterocycles. The molecule has 0 atom stereocenters. The summed E-state index contributed by atoms with van der Waals surface area (Å²) in [6.45, 7) is 4.00. The fourth-order valence-electron chi connectivity index (χ4n) is 2.03. The Hall–Kier alpha value is -2.09. The van der Waals surface area contributed by atoms with Crippen molar-refractivity contribution in [2.45, 2.75) is 24.5 Å². The van der Waals surface area contributed by atoms with Crippen LogP contribution in [-0.2, 0) is 10.5 Å². The van der Waals surface area contributed by atoms with Crippen molar-refractivity contribution in [1.29, 1.82) is 0 Å². The van der Waals surface area contributed by atoms with E-state index in [1.807, 2.05) is 38.1 Å². The zero-order valence-electron chi connectivity index (χ0n) is 15.2. The summed E-state index contributed by atoms with van der Waals surface area (Å²) in [4.78, 5) is 12.1. The van der Waals surface area contributed by atoms with E-state index < -0.39 is 5.97 Å². The summed E-state index contributed by atoms with van der Waals surface area (Å²) in [5.74, 6) is 4.70. The summed E-state index contributed by atoms with van der Waals surface area (Å²) in [5.41, 5.74) is 10.9. The van der Waals surface area contributed by atoms with Crippen molar-refractivity contribution >= 4 is 29.5 Å². The molecule has 0 aliphatic carbocycles. The number of carboxylic acid groups (broad SMARTS) is 1. The Morgan fingerprint density at radius 2 is 1.54 bits per heavy atom. The van der Waals surface area contributed by atoms with Gasteiger partial charge in [0, 0.05) is 10.6 Å². The number of rotatable bonds is 7. The number of hydrazine groups is 1. The molecule has 140 valence electrons. The van der Waals surface area contributed by atoms with Crippen molar-refractivity contribution in [2.75, 3.05) is 6.26 Å². The van der Waals surface area contributed by atoms with Gasteiger partial charge in [0.15, 0.2) is 0 Å². The van der Waals surface area contributed by atoms with Gasteiger partial charge in [0.25, 0.3) is 0 Å². The van der Waals surface area contributed by atoms with Crippen LogP contribution in [-0.4, -0.2) is 17.3 Å². The maximum Gasteiger partial charge on any atom is 0.354 e. The second-order valence-corrected chi connectivity index (χ2v) is 6.77. The van der Waals surface area contributed by atoms with E-state index in [0.29, 0.717) is 5.75 Å². The summed E-state index contributed by atoms with van der Waals surface area (Å²) in [6, 6.07) is 16.5. The molecule has 5 nitrogen and oxygen atoms in total. The maximum atomic E-state index is 10.9. The van der Waals surface area contributed by atoms with Gasteiger partial charge in [-0.15, -0.1) is 23.5 Å². The first-order valence-electron chi connectivity index (χ1n) is 8.11. The lowest BCUT2D eigenvalue weighted by atomic mass is 10.0. The molecular weight excluding hydrogens is 366 g/mol. The molecule has 0 saturated carbocycles. The van der Waals surface area contributed by atoms with E-state index in [4.69, 9.17) is 16.7 Å².